The van der Waals surface area contributed by atoms with Gasteiger partial charge in [0.25, 0.3) is 0 Å². The summed E-state index contributed by atoms with van der Waals surface area (Å²) in [4.78, 5) is 11.4. The van der Waals surface area contributed by atoms with Crippen molar-refractivity contribution in [1.82, 2.24) is 0 Å². The fraction of sp³-hybridized carbons (Fsp3) is 0.889. The quantitative estimate of drug-likeness (QED) is 0.609. The Morgan fingerprint density at radius 3 is 2.06 bits per heavy atom. The van der Waals surface area contributed by atoms with E-state index in [1.165, 1.54) is 13.8 Å². The number of carbonyl (C=O) groups is 1. The van der Waals surface area contributed by atoms with Gasteiger partial charge in [-0.2, -0.15) is 17.2 Å². The van der Waals surface area contributed by atoms with Gasteiger partial charge in [0.05, 0.1) is 5.41 Å². The average molecular weight is 274 g/mol. The Labute approximate surface area is 98.9 Å². The van der Waals surface area contributed by atoms with Gasteiger partial charge in [-0.25, -0.2) is 0 Å². The lowest BCUT2D eigenvalue weighted by molar-refractivity contribution is -0.162. The zero-order valence-electron chi connectivity index (χ0n) is 10.0. The van der Waals surface area contributed by atoms with Crippen LogP contribution in [0.25, 0.3) is 0 Å². The lowest BCUT2D eigenvalue weighted by atomic mass is 9.81. The predicted molar refractivity (Wildman–Crippen MR) is 56.1 cm³/mol. The molecular formula is C9H16F2O5S. The largest absolute Gasteiger partial charge is 0.458 e. The first kappa shape index (κ1) is 16.2. The maximum atomic E-state index is 12.8. The van der Waals surface area contributed by atoms with Crippen LogP contribution in [0.15, 0.2) is 0 Å². The number of hydrogen-bond acceptors (Lipinski definition) is 4. The lowest BCUT2D eigenvalue weighted by Crippen LogP contribution is -2.38. The molecule has 0 heterocycles. The van der Waals surface area contributed by atoms with E-state index in [-0.39, 0.29) is 5.92 Å². The molecule has 17 heavy (non-hydrogen) atoms. The van der Waals surface area contributed by atoms with Crippen LogP contribution in [-0.2, 0) is 19.6 Å². The number of esters is 1. The zero-order valence-corrected chi connectivity index (χ0v) is 10.8. The van der Waals surface area contributed by atoms with E-state index in [1.807, 2.05) is 0 Å². The molecule has 0 bridgehead atoms. The second-order valence-corrected chi connectivity index (χ2v) is 6.11. The van der Waals surface area contributed by atoms with Crippen LogP contribution >= 0.6 is 0 Å². The van der Waals surface area contributed by atoms with Crippen molar-refractivity contribution >= 4 is 16.1 Å². The minimum absolute atomic E-state index is 0.172. The van der Waals surface area contributed by atoms with E-state index in [1.54, 1.807) is 13.8 Å². The maximum Gasteiger partial charge on any atom is 0.402 e. The number of ether oxygens (including phenoxy) is 1. The van der Waals surface area contributed by atoms with Crippen LogP contribution in [0.4, 0.5) is 8.78 Å². The summed E-state index contributed by atoms with van der Waals surface area (Å²) in [6.07, 6.45) is 0. The molecule has 1 N–H and O–H groups in total. The fourth-order valence-corrected chi connectivity index (χ4v) is 0.854. The first-order valence-corrected chi connectivity index (χ1v) is 6.28. The average Bonchev–Trinajstić information content (AvgIpc) is 2.11. The smallest absolute Gasteiger partial charge is 0.402 e. The first-order valence-electron chi connectivity index (χ1n) is 4.84. The summed E-state index contributed by atoms with van der Waals surface area (Å²) in [5, 5.41) is -4.49. The van der Waals surface area contributed by atoms with Crippen LogP contribution in [0.3, 0.4) is 0 Å². The number of alkyl halides is 2. The van der Waals surface area contributed by atoms with Crippen LogP contribution in [0.5, 0.6) is 0 Å². The number of rotatable bonds is 5. The second-order valence-electron chi connectivity index (χ2n) is 4.56. The maximum absolute atomic E-state index is 12.8. The summed E-state index contributed by atoms with van der Waals surface area (Å²) in [5.41, 5.74) is -1.02. The van der Waals surface area contributed by atoms with E-state index in [2.05, 4.69) is 4.74 Å². The molecule has 0 aromatic carbocycles. The Hall–Kier alpha value is -0.760. The third kappa shape index (κ3) is 3.88. The third-order valence-electron chi connectivity index (χ3n) is 2.72. The second kappa shape index (κ2) is 4.85. The molecule has 0 aromatic rings. The molecular weight excluding hydrogens is 258 g/mol. The molecule has 0 aromatic heterocycles. The van der Waals surface area contributed by atoms with Crippen molar-refractivity contribution in [3.8, 4) is 0 Å². The van der Waals surface area contributed by atoms with E-state index in [9.17, 15) is 22.0 Å². The highest BCUT2D eigenvalue weighted by Crippen LogP contribution is 2.29. The number of hydrogen-bond donors (Lipinski definition) is 1. The van der Waals surface area contributed by atoms with Crippen LogP contribution < -0.4 is 0 Å². The molecule has 0 fully saturated rings. The van der Waals surface area contributed by atoms with Crippen molar-refractivity contribution < 1.29 is 31.3 Å². The molecule has 0 radical (unpaired) electrons. The highest BCUT2D eigenvalue weighted by molar-refractivity contribution is 7.86. The highest BCUT2D eigenvalue weighted by Gasteiger charge is 2.46. The van der Waals surface area contributed by atoms with Crippen molar-refractivity contribution in [1.29, 1.82) is 0 Å². The van der Waals surface area contributed by atoms with Crippen molar-refractivity contribution in [2.45, 2.75) is 32.9 Å². The summed E-state index contributed by atoms with van der Waals surface area (Å²) in [6, 6.07) is 0. The lowest BCUT2D eigenvalue weighted by Gasteiger charge is -2.27. The van der Waals surface area contributed by atoms with Gasteiger partial charge in [-0.3, -0.25) is 9.35 Å². The normalized spacial score (nSPS) is 13.9. The van der Waals surface area contributed by atoms with Crippen LogP contribution in [-0.4, -0.2) is 30.8 Å². The Balaban J connectivity index is 4.67. The van der Waals surface area contributed by atoms with Gasteiger partial charge >= 0.3 is 21.3 Å². The Morgan fingerprint density at radius 2 is 1.76 bits per heavy atom. The van der Waals surface area contributed by atoms with Gasteiger partial charge in [0.2, 0.25) is 0 Å². The molecule has 0 aliphatic heterocycles. The van der Waals surface area contributed by atoms with Gasteiger partial charge in [-0.05, 0) is 19.8 Å². The molecule has 0 saturated carbocycles. The zero-order chi connectivity index (χ0) is 14.1. The third-order valence-corrected chi connectivity index (χ3v) is 3.59. The summed E-state index contributed by atoms with van der Waals surface area (Å²) < 4.78 is 58.5. The summed E-state index contributed by atoms with van der Waals surface area (Å²) >= 11 is 0. The monoisotopic (exact) mass is 274 g/mol. The van der Waals surface area contributed by atoms with Crippen LogP contribution in [0.1, 0.15) is 27.7 Å². The van der Waals surface area contributed by atoms with E-state index >= 15 is 0 Å². The van der Waals surface area contributed by atoms with Gasteiger partial charge in [0, 0.05) is 0 Å². The highest BCUT2D eigenvalue weighted by atomic mass is 32.2. The van der Waals surface area contributed by atoms with Crippen LogP contribution in [0, 0.1) is 11.3 Å². The van der Waals surface area contributed by atoms with Crippen molar-refractivity contribution in [2.24, 2.45) is 11.3 Å². The number of halogens is 2. The molecule has 0 aliphatic rings. The Bertz CT molecular complexity index is 386. The van der Waals surface area contributed by atoms with Crippen molar-refractivity contribution in [2.75, 3.05) is 6.61 Å². The molecule has 0 rings (SSSR count). The predicted octanol–water partition coefficient (Wildman–Crippen LogP) is 1.69. The minimum atomic E-state index is -5.57. The van der Waals surface area contributed by atoms with Crippen LogP contribution in [0.2, 0.25) is 0 Å². The summed E-state index contributed by atoms with van der Waals surface area (Å²) in [6.45, 7) is 4.68. The molecule has 8 heteroatoms. The molecule has 0 saturated heterocycles. The number of carbonyl (C=O) groups excluding carboxylic acids is 1. The topological polar surface area (TPSA) is 80.7 Å². The Kier molecular flexibility index (Phi) is 4.63. The van der Waals surface area contributed by atoms with Gasteiger partial charge < -0.3 is 4.74 Å². The molecule has 0 amide bonds. The molecule has 0 spiro atoms. The molecule has 5 nitrogen and oxygen atoms in total. The summed E-state index contributed by atoms with van der Waals surface area (Å²) in [5.74, 6) is -1.12. The Morgan fingerprint density at radius 1 is 1.35 bits per heavy atom. The van der Waals surface area contributed by atoms with Crippen molar-refractivity contribution in [3.63, 3.8) is 0 Å². The summed E-state index contributed by atoms with van der Waals surface area (Å²) in [7, 11) is -5.57. The van der Waals surface area contributed by atoms with Gasteiger partial charge in [0.15, 0.2) is 6.61 Å². The SMILES string of the molecule is CC(C)C(C)(C)C(=O)OCC(F)(F)S(=O)(=O)O. The van der Waals surface area contributed by atoms with Gasteiger partial charge in [-0.1, -0.05) is 13.8 Å². The van der Waals surface area contributed by atoms with E-state index < -0.39 is 33.4 Å². The first-order chi connectivity index (χ1) is 7.32. The molecule has 0 atom stereocenters. The minimum Gasteiger partial charge on any atom is -0.458 e. The van der Waals surface area contributed by atoms with Gasteiger partial charge in [0.1, 0.15) is 0 Å². The van der Waals surface area contributed by atoms with Gasteiger partial charge in [-0.15, -0.1) is 0 Å². The van der Waals surface area contributed by atoms with E-state index in [0.717, 1.165) is 0 Å². The van der Waals surface area contributed by atoms with Crippen molar-refractivity contribution in [3.05, 3.63) is 0 Å². The van der Waals surface area contributed by atoms with E-state index in [4.69, 9.17) is 4.55 Å². The standard InChI is InChI=1S/C9H16F2O5S/c1-6(2)8(3,4)7(12)16-5-9(10,11)17(13,14)15/h6H,5H2,1-4H3,(H,13,14,15). The fourth-order valence-electron chi connectivity index (χ4n) is 0.646. The van der Waals surface area contributed by atoms with E-state index in [0.29, 0.717) is 0 Å². The molecule has 0 unspecified atom stereocenters. The molecule has 0 aliphatic carbocycles. The molecule has 102 valence electrons.